The van der Waals surface area contributed by atoms with Crippen LogP contribution < -0.4 is 4.74 Å². The van der Waals surface area contributed by atoms with Gasteiger partial charge in [0, 0.05) is 43.7 Å². The highest BCUT2D eigenvalue weighted by Crippen LogP contribution is 2.21. The van der Waals surface area contributed by atoms with Crippen LogP contribution in [0.2, 0.25) is 0 Å². The first-order valence-electron chi connectivity index (χ1n) is 8.14. The number of rotatable bonds is 4. The molecule has 0 atom stereocenters. The first-order chi connectivity index (χ1) is 11.6. The van der Waals surface area contributed by atoms with E-state index in [0.717, 1.165) is 54.7 Å². The van der Waals surface area contributed by atoms with E-state index in [1.807, 2.05) is 36.9 Å². The fourth-order valence-electron chi connectivity index (χ4n) is 2.95. The van der Waals surface area contributed by atoms with Crippen LogP contribution in [0.25, 0.3) is 0 Å². The van der Waals surface area contributed by atoms with Gasteiger partial charge in [-0.15, -0.1) is 11.3 Å². The summed E-state index contributed by atoms with van der Waals surface area (Å²) < 4.78 is 5.32. The summed E-state index contributed by atoms with van der Waals surface area (Å²) in [6, 6.07) is 5.65. The monoisotopic (exact) mass is 345 g/mol. The van der Waals surface area contributed by atoms with Crippen LogP contribution in [0.4, 0.5) is 0 Å². The van der Waals surface area contributed by atoms with Gasteiger partial charge in [0.2, 0.25) is 0 Å². The molecule has 1 saturated heterocycles. The molecule has 2 heterocycles. The predicted octanol–water partition coefficient (Wildman–Crippen LogP) is 2.73. The molecule has 0 N–H and O–H groups in total. The van der Waals surface area contributed by atoms with Crippen molar-refractivity contribution in [2.75, 3.05) is 33.3 Å². The zero-order valence-corrected chi connectivity index (χ0v) is 15.2. The van der Waals surface area contributed by atoms with Crippen molar-refractivity contribution in [1.82, 2.24) is 14.8 Å². The Hall–Kier alpha value is -1.92. The normalized spacial score (nSPS) is 15.5. The molecule has 0 radical (unpaired) electrons. The molecule has 3 rings (SSSR count). The molecule has 0 saturated carbocycles. The third kappa shape index (κ3) is 3.76. The zero-order chi connectivity index (χ0) is 17.1. The van der Waals surface area contributed by atoms with Crippen LogP contribution in [0.3, 0.4) is 0 Å². The highest BCUT2D eigenvalue weighted by molar-refractivity contribution is 7.09. The van der Waals surface area contributed by atoms with E-state index in [9.17, 15) is 4.79 Å². The van der Waals surface area contributed by atoms with Gasteiger partial charge in [-0.25, -0.2) is 4.98 Å². The molecule has 0 spiro atoms. The van der Waals surface area contributed by atoms with Gasteiger partial charge in [-0.05, 0) is 31.5 Å². The van der Waals surface area contributed by atoms with Crippen molar-refractivity contribution in [1.29, 1.82) is 0 Å². The Bertz CT molecular complexity index is 721. The van der Waals surface area contributed by atoms with Crippen molar-refractivity contribution in [3.63, 3.8) is 0 Å². The number of carbonyl (C=O) groups is 1. The van der Waals surface area contributed by atoms with E-state index in [1.54, 1.807) is 18.4 Å². The van der Waals surface area contributed by atoms with Crippen LogP contribution in [-0.4, -0.2) is 54.0 Å². The van der Waals surface area contributed by atoms with Crippen LogP contribution in [0.1, 0.15) is 26.6 Å². The number of carbonyl (C=O) groups excluding carboxylic acids is 1. The molecule has 1 fully saturated rings. The lowest BCUT2D eigenvalue weighted by atomic mass is 10.1. The quantitative estimate of drug-likeness (QED) is 0.855. The molecule has 128 valence electrons. The van der Waals surface area contributed by atoms with Crippen LogP contribution in [0.5, 0.6) is 5.75 Å². The lowest BCUT2D eigenvalue weighted by Crippen LogP contribution is -2.48. The van der Waals surface area contributed by atoms with Gasteiger partial charge in [-0.3, -0.25) is 9.69 Å². The number of nitrogens with zero attached hydrogens (tertiary/aromatic N) is 3. The SMILES string of the molecule is COc1cc(C(=O)N2CCN(Cc3csc(C)n3)CC2)ccc1C. The molecule has 6 heteroatoms. The predicted molar refractivity (Wildman–Crippen MR) is 95.8 cm³/mol. The minimum atomic E-state index is 0.0810. The van der Waals surface area contributed by atoms with E-state index < -0.39 is 0 Å². The Morgan fingerprint density at radius 2 is 2.00 bits per heavy atom. The standard InChI is InChI=1S/C18H23N3O2S/c1-13-4-5-15(10-17(13)23-3)18(22)21-8-6-20(7-9-21)11-16-12-24-14(2)19-16/h4-5,10,12H,6-9,11H2,1-3H3. The van der Waals surface area contributed by atoms with E-state index >= 15 is 0 Å². The minimum Gasteiger partial charge on any atom is -0.496 e. The second kappa shape index (κ2) is 7.32. The number of aromatic nitrogens is 1. The molecule has 2 aromatic rings. The molecular weight excluding hydrogens is 322 g/mol. The summed E-state index contributed by atoms with van der Waals surface area (Å²) in [6.07, 6.45) is 0. The smallest absolute Gasteiger partial charge is 0.254 e. The van der Waals surface area contributed by atoms with Crippen LogP contribution in [0, 0.1) is 13.8 Å². The Morgan fingerprint density at radius 3 is 2.62 bits per heavy atom. The lowest BCUT2D eigenvalue weighted by Gasteiger charge is -2.34. The van der Waals surface area contributed by atoms with Crippen LogP contribution in [0.15, 0.2) is 23.6 Å². The molecule has 1 aliphatic rings. The van der Waals surface area contributed by atoms with Gasteiger partial charge in [-0.2, -0.15) is 0 Å². The lowest BCUT2D eigenvalue weighted by molar-refractivity contribution is 0.0627. The molecule has 0 aliphatic carbocycles. The maximum absolute atomic E-state index is 12.7. The van der Waals surface area contributed by atoms with Crippen LogP contribution in [-0.2, 0) is 6.54 Å². The number of methoxy groups -OCH3 is 1. The van der Waals surface area contributed by atoms with E-state index in [-0.39, 0.29) is 5.91 Å². The van der Waals surface area contributed by atoms with Gasteiger partial charge in [0.1, 0.15) is 5.75 Å². The molecule has 24 heavy (non-hydrogen) atoms. The average Bonchev–Trinajstić information content (AvgIpc) is 3.00. The van der Waals surface area contributed by atoms with Crippen molar-refractivity contribution < 1.29 is 9.53 Å². The van der Waals surface area contributed by atoms with Gasteiger partial charge < -0.3 is 9.64 Å². The number of thiazole rings is 1. The molecule has 5 nitrogen and oxygen atoms in total. The van der Waals surface area contributed by atoms with Gasteiger partial charge in [0.05, 0.1) is 17.8 Å². The van der Waals surface area contributed by atoms with Gasteiger partial charge in [-0.1, -0.05) is 6.07 Å². The molecule has 0 unspecified atom stereocenters. The van der Waals surface area contributed by atoms with E-state index in [0.29, 0.717) is 5.56 Å². The zero-order valence-electron chi connectivity index (χ0n) is 14.4. The molecular formula is C18H23N3O2S. The summed E-state index contributed by atoms with van der Waals surface area (Å²) in [4.78, 5) is 21.5. The summed E-state index contributed by atoms with van der Waals surface area (Å²) in [6.45, 7) is 8.13. The number of piperazine rings is 1. The number of ether oxygens (including phenoxy) is 1. The first kappa shape index (κ1) is 16.9. The summed E-state index contributed by atoms with van der Waals surface area (Å²) in [5.41, 5.74) is 2.86. The summed E-state index contributed by atoms with van der Waals surface area (Å²) in [7, 11) is 1.63. The molecule has 1 aromatic carbocycles. The van der Waals surface area contributed by atoms with Crippen molar-refractivity contribution in [3.05, 3.63) is 45.4 Å². The fraction of sp³-hybridized carbons (Fsp3) is 0.444. The summed E-state index contributed by atoms with van der Waals surface area (Å²) in [5.74, 6) is 0.843. The number of hydrogen-bond acceptors (Lipinski definition) is 5. The molecule has 1 amide bonds. The average molecular weight is 345 g/mol. The Kier molecular flexibility index (Phi) is 5.16. The third-order valence-electron chi connectivity index (χ3n) is 4.37. The summed E-state index contributed by atoms with van der Waals surface area (Å²) in [5, 5.41) is 3.22. The molecule has 1 aromatic heterocycles. The third-order valence-corrected chi connectivity index (χ3v) is 5.19. The second-order valence-corrected chi connectivity index (χ2v) is 7.17. The van der Waals surface area contributed by atoms with E-state index in [4.69, 9.17) is 4.74 Å². The van der Waals surface area contributed by atoms with Gasteiger partial charge >= 0.3 is 0 Å². The van der Waals surface area contributed by atoms with Crippen molar-refractivity contribution in [3.8, 4) is 5.75 Å². The largest absolute Gasteiger partial charge is 0.496 e. The van der Waals surface area contributed by atoms with E-state index in [2.05, 4.69) is 15.3 Å². The van der Waals surface area contributed by atoms with E-state index in [1.165, 1.54) is 0 Å². The topological polar surface area (TPSA) is 45.7 Å². The van der Waals surface area contributed by atoms with Crippen molar-refractivity contribution >= 4 is 17.2 Å². The van der Waals surface area contributed by atoms with Gasteiger partial charge in [0.15, 0.2) is 0 Å². The summed E-state index contributed by atoms with van der Waals surface area (Å²) >= 11 is 1.69. The number of hydrogen-bond donors (Lipinski definition) is 0. The number of aryl methyl sites for hydroxylation is 2. The maximum atomic E-state index is 12.7. The molecule has 0 bridgehead atoms. The number of amides is 1. The highest BCUT2D eigenvalue weighted by Gasteiger charge is 2.23. The Morgan fingerprint density at radius 1 is 1.25 bits per heavy atom. The highest BCUT2D eigenvalue weighted by atomic mass is 32.1. The second-order valence-electron chi connectivity index (χ2n) is 6.11. The van der Waals surface area contributed by atoms with Crippen LogP contribution >= 0.6 is 11.3 Å². The maximum Gasteiger partial charge on any atom is 0.254 e. The Labute approximate surface area is 146 Å². The van der Waals surface area contributed by atoms with Crippen molar-refractivity contribution in [2.24, 2.45) is 0 Å². The molecule has 1 aliphatic heterocycles. The van der Waals surface area contributed by atoms with Crippen molar-refractivity contribution in [2.45, 2.75) is 20.4 Å². The minimum absolute atomic E-state index is 0.0810. The fourth-order valence-corrected chi connectivity index (χ4v) is 3.56. The number of benzene rings is 1. The first-order valence-corrected chi connectivity index (χ1v) is 9.02. The Balaban J connectivity index is 1.58. The van der Waals surface area contributed by atoms with Gasteiger partial charge in [0.25, 0.3) is 5.91 Å².